The largest absolute Gasteiger partial charge is 0.314 e. The van der Waals surface area contributed by atoms with E-state index in [9.17, 15) is 0 Å². The summed E-state index contributed by atoms with van der Waals surface area (Å²) in [4.78, 5) is 9.42. The fourth-order valence-corrected chi connectivity index (χ4v) is 6.14. The molecule has 0 aromatic heterocycles. The van der Waals surface area contributed by atoms with Crippen LogP contribution in [0.15, 0.2) is 0 Å². The first kappa shape index (κ1) is 54.6. The highest BCUT2D eigenvalue weighted by molar-refractivity contribution is 4.65. The molecule has 0 unspecified atom stereocenters. The molecule has 0 amide bonds. The number of piperazine rings is 1. The SMILES string of the molecule is C.C.C.C.CC1CC1.CC1CCCCC1.CC1CCCCC1.CN1CCC1.CN1CCCCC1.CN1CCCCC1.CN1CCNCC1. The van der Waals surface area contributed by atoms with Gasteiger partial charge in [0.15, 0.2) is 0 Å². The van der Waals surface area contributed by atoms with Crippen LogP contribution in [-0.2, 0) is 0 Å². The zero-order valence-electron chi connectivity index (χ0n) is 31.5. The molecule has 296 valence electrons. The minimum absolute atomic E-state index is 0. The van der Waals surface area contributed by atoms with Crippen molar-refractivity contribution in [2.45, 2.75) is 172 Å². The molecular formula is C43H99N5. The quantitative estimate of drug-likeness (QED) is 0.274. The van der Waals surface area contributed by atoms with E-state index >= 15 is 0 Å². The van der Waals surface area contributed by atoms with Crippen molar-refractivity contribution in [2.75, 3.05) is 93.6 Å². The molecule has 5 nitrogen and oxygen atoms in total. The van der Waals surface area contributed by atoms with Gasteiger partial charge in [-0.1, -0.05) is 140 Å². The Hall–Kier alpha value is -0.200. The van der Waals surface area contributed by atoms with Crippen LogP contribution in [0.2, 0.25) is 0 Å². The first-order chi connectivity index (χ1) is 21.3. The molecule has 4 heterocycles. The Labute approximate surface area is 308 Å². The molecule has 0 aromatic rings. The van der Waals surface area contributed by atoms with E-state index in [1.54, 1.807) is 0 Å². The molecule has 7 fully saturated rings. The summed E-state index contributed by atoms with van der Waals surface area (Å²) < 4.78 is 0. The van der Waals surface area contributed by atoms with E-state index in [2.05, 4.69) is 73.9 Å². The number of nitrogens with one attached hydrogen (secondary N) is 1. The van der Waals surface area contributed by atoms with Gasteiger partial charge in [-0.3, -0.25) is 0 Å². The maximum atomic E-state index is 3.27. The summed E-state index contributed by atoms with van der Waals surface area (Å²) in [6, 6.07) is 0. The van der Waals surface area contributed by atoms with Gasteiger partial charge in [0, 0.05) is 26.2 Å². The fraction of sp³-hybridized carbons (Fsp3) is 1.00. The van der Waals surface area contributed by atoms with Crippen molar-refractivity contribution >= 4 is 0 Å². The van der Waals surface area contributed by atoms with Crippen molar-refractivity contribution in [1.82, 2.24) is 24.9 Å². The summed E-state index contributed by atoms with van der Waals surface area (Å²) in [5, 5.41) is 3.27. The van der Waals surface area contributed by atoms with E-state index in [0.29, 0.717) is 0 Å². The van der Waals surface area contributed by atoms with Crippen molar-refractivity contribution < 1.29 is 0 Å². The first-order valence-electron chi connectivity index (χ1n) is 19.7. The zero-order chi connectivity index (χ0) is 32.3. The van der Waals surface area contributed by atoms with Gasteiger partial charge in [0.1, 0.15) is 0 Å². The Balaban J connectivity index is -0.000000233. The third-order valence-electron chi connectivity index (χ3n) is 10.2. The molecule has 0 bridgehead atoms. The summed E-state index contributed by atoms with van der Waals surface area (Å²) in [5.74, 6) is 3.16. The monoisotopic (exact) mass is 686 g/mol. The lowest BCUT2D eigenvalue weighted by Gasteiger charge is -2.24. The van der Waals surface area contributed by atoms with E-state index in [4.69, 9.17) is 0 Å². The minimum Gasteiger partial charge on any atom is -0.314 e. The molecule has 4 aliphatic heterocycles. The van der Waals surface area contributed by atoms with E-state index in [-0.39, 0.29) is 29.7 Å². The Morgan fingerprint density at radius 1 is 0.312 bits per heavy atom. The molecule has 5 heteroatoms. The number of piperidine rings is 2. The van der Waals surface area contributed by atoms with Crippen LogP contribution in [0.25, 0.3) is 0 Å². The van der Waals surface area contributed by atoms with Crippen LogP contribution in [-0.4, -0.2) is 113 Å². The molecule has 4 saturated heterocycles. The summed E-state index contributed by atoms with van der Waals surface area (Å²) >= 11 is 0. The van der Waals surface area contributed by atoms with Crippen LogP contribution in [0, 0.1) is 17.8 Å². The lowest BCUT2D eigenvalue weighted by atomic mass is 9.91. The average Bonchev–Trinajstić information content (AvgIpc) is 3.82. The van der Waals surface area contributed by atoms with Crippen molar-refractivity contribution in [3.8, 4) is 0 Å². The minimum atomic E-state index is 0. The maximum Gasteiger partial charge on any atom is 0.0104 e. The normalized spacial score (nSPS) is 23.3. The standard InChI is InChI=1S/2C7H14.2C6H13N.C5H12N2.C4H9N.C4H8.4CH4/c4*1-7-5-3-2-4-6-7;1-7-4-2-6-3-5-7;1-5-3-2-4-5;1-4-2-3-4;;;;/h2*7H,2-6H2,1H3;2*2-6H2,1H3;6H,2-5H2,1H3;2-4H2,1H3;4H,2-3H2,1H3;4*1H4. The molecular weight excluding hydrogens is 587 g/mol. The van der Waals surface area contributed by atoms with Gasteiger partial charge in [0.2, 0.25) is 0 Å². The van der Waals surface area contributed by atoms with Crippen LogP contribution in [0.3, 0.4) is 0 Å². The zero-order valence-corrected chi connectivity index (χ0v) is 31.5. The molecule has 0 atom stereocenters. The summed E-state index contributed by atoms with van der Waals surface area (Å²) in [6.07, 6.45) is 27.8. The highest BCUT2D eigenvalue weighted by atomic mass is 15.2. The second kappa shape index (κ2) is 38.0. The second-order valence-corrected chi connectivity index (χ2v) is 15.6. The number of rotatable bonds is 0. The van der Waals surface area contributed by atoms with E-state index < -0.39 is 0 Å². The van der Waals surface area contributed by atoms with Crippen LogP contribution in [0.4, 0.5) is 0 Å². The predicted molar refractivity (Wildman–Crippen MR) is 225 cm³/mol. The fourth-order valence-electron chi connectivity index (χ4n) is 6.14. The third-order valence-corrected chi connectivity index (χ3v) is 10.2. The van der Waals surface area contributed by atoms with Crippen molar-refractivity contribution in [2.24, 2.45) is 17.8 Å². The van der Waals surface area contributed by atoms with Crippen LogP contribution in [0.5, 0.6) is 0 Å². The Kier molecular flexibility index (Phi) is 43.2. The van der Waals surface area contributed by atoms with Gasteiger partial charge >= 0.3 is 0 Å². The van der Waals surface area contributed by atoms with Crippen molar-refractivity contribution in [1.29, 1.82) is 0 Å². The molecule has 3 saturated carbocycles. The molecule has 1 N–H and O–H groups in total. The number of hydrogen-bond acceptors (Lipinski definition) is 5. The van der Waals surface area contributed by atoms with Crippen molar-refractivity contribution in [3.05, 3.63) is 0 Å². The predicted octanol–water partition coefficient (Wildman–Crippen LogP) is 11.2. The second-order valence-electron chi connectivity index (χ2n) is 15.6. The molecule has 3 aliphatic carbocycles. The van der Waals surface area contributed by atoms with Crippen LogP contribution < -0.4 is 5.32 Å². The lowest BCUT2D eigenvalue weighted by molar-refractivity contribution is 0.229. The maximum absolute atomic E-state index is 3.27. The van der Waals surface area contributed by atoms with Gasteiger partial charge in [-0.25, -0.2) is 0 Å². The van der Waals surface area contributed by atoms with Gasteiger partial charge < -0.3 is 24.9 Å². The Morgan fingerprint density at radius 2 is 0.562 bits per heavy atom. The highest BCUT2D eigenvalue weighted by Crippen LogP contribution is 2.26. The molecule has 7 aliphatic rings. The number of nitrogens with zero attached hydrogens (tertiary/aromatic N) is 4. The number of hydrogen-bond donors (Lipinski definition) is 1. The topological polar surface area (TPSA) is 25.0 Å². The van der Waals surface area contributed by atoms with E-state index in [1.807, 2.05) is 0 Å². The van der Waals surface area contributed by atoms with E-state index in [1.165, 1.54) is 174 Å². The molecule has 7 rings (SSSR count). The lowest BCUT2D eigenvalue weighted by Crippen LogP contribution is -2.40. The number of likely N-dealkylation sites (N-methyl/N-ethyl adjacent to an activating group) is 1. The molecule has 0 spiro atoms. The van der Waals surface area contributed by atoms with Gasteiger partial charge in [0.25, 0.3) is 0 Å². The van der Waals surface area contributed by atoms with Gasteiger partial charge in [0.05, 0.1) is 0 Å². The van der Waals surface area contributed by atoms with Crippen molar-refractivity contribution in [3.63, 3.8) is 0 Å². The third kappa shape index (κ3) is 38.6. The summed E-state index contributed by atoms with van der Waals surface area (Å²) in [5.41, 5.74) is 0. The molecule has 0 radical (unpaired) electrons. The van der Waals surface area contributed by atoms with E-state index in [0.717, 1.165) is 30.8 Å². The summed E-state index contributed by atoms with van der Waals surface area (Å²) in [6.45, 7) is 19.7. The molecule has 48 heavy (non-hydrogen) atoms. The first-order valence-corrected chi connectivity index (χ1v) is 19.7. The Bertz CT molecular complexity index is 471. The smallest absolute Gasteiger partial charge is 0.0104 e. The van der Waals surface area contributed by atoms with Crippen LogP contribution in [0.1, 0.15) is 172 Å². The number of likely N-dealkylation sites (tertiary alicyclic amines) is 3. The van der Waals surface area contributed by atoms with Gasteiger partial charge in [-0.05, 0) is 117 Å². The molecule has 0 aromatic carbocycles. The van der Waals surface area contributed by atoms with Gasteiger partial charge in [-0.2, -0.15) is 0 Å². The van der Waals surface area contributed by atoms with Crippen LogP contribution >= 0.6 is 0 Å². The Morgan fingerprint density at radius 3 is 0.688 bits per heavy atom. The average molecular weight is 686 g/mol. The highest BCUT2D eigenvalue weighted by Gasteiger charge is 2.12. The summed E-state index contributed by atoms with van der Waals surface area (Å²) in [7, 11) is 8.68. The van der Waals surface area contributed by atoms with Gasteiger partial charge in [-0.15, -0.1) is 0 Å².